The van der Waals surface area contributed by atoms with E-state index in [1.807, 2.05) is 15.8 Å². The summed E-state index contributed by atoms with van der Waals surface area (Å²) in [6.07, 6.45) is 5.78. The minimum absolute atomic E-state index is 0.212. The molecule has 0 radical (unpaired) electrons. The molecule has 5 nitrogen and oxygen atoms in total. The molecular formula is C12H14BrFN4OS. The van der Waals surface area contributed by atoms with Crippen LogP contribution in [0.4, 0.5) is 9.52 Å². The smallest absolute Gasteiger partial charge is 0.185 e. The van der Waals surface area contributed by atoms with Crippen LogP contribution in [0.25, 0.3) is 0 Å². The van der Waals surface area contributed by atoms with E-state index in [-0.39, 0.29) is 6.54 Å². The minimum atomic E-state index is -1.49. The van der Waals surface area contributed by atoms with Gasteiger partial charge in [-0.25, -0.2) is 9.37 Å². The zero-order valence-electron chi connectivity index (χ0n) is 10.7. The van der Waals surface area contributed by atoms with Crippen LogP contribution < -0.4 is 4.90 Å². The fourth-order valence-corrected chi connectivity index (χ4v) is 3.48. The van der Waals surface area contributed by atoms with E-state index in [2.05, 4.69) is 26.0 Å². The van der Waals surface area contributed by atoms with Gasteiger partial charge < -0.3 is 10.0 Å². The molecule has 0 aromatic carbocycles. The Kier molecular flexibility index (Phi) is 3.78. The number of aliphatic hydroxyl groups excluding tert-OH is 1. The Bertz CT molecular complexity index is 604. The first-order chi connectivity index (χ1) is 9.58. The summed E-state index contributed by atoms with van der Waals surface area (Å²) < 4.78 is 16.8. The van der Waals surface area contributed by atoms with Crippen molar-refractivity contribution < 1.29 is 9.50 Å². The van der Waals surface area contributed by atoms with Crippen LogP contribution in [0.2, 0.25) is 0 Å². The fourth-order valence-electron chi connectivity index (χ4n) is 2.23. The predicted octanol–water partition coefficient (Wildman–Crippen LogP) is 2.06. The van der Waals surface area contributed by atoms with Gasteiger partial charge in [-0.1, -0.05) is 11.3 Å². The van der Waals surface area contributed by atoms with Crippen molar-refractivity contribution in [2.45, 2.75) is 18.6 Å². The van der Waals surface area contributed by atoms with Gasteiger partial charge in [0.15, 0.2) is 10.8 Å². The van der Waals surface area contributed by atoms with Crippen LogP contribution in [0.5, 0.6) is 0 Å². The molecule has 20 heavy (non-hydrogen) atoms. The van der Waals surface area contributed by atoms with Crippen LogP contribution in [0, 0.1) is 0 Å². The van der Waals surface area contributed by atoms with E-state index in [0.29, 0.717) is 19.5 Å². The number of rotatable bonds is 4. The highest BCUT2D eigenvalue weighted by Gasteiger charge is 2.38. The maximum Gasteiger partial charge on any atom is 0.185 e. The van der Waals surface area contributed by atoms with Crippen molar-refractivity contribution in [3.05, 3.63) is 27.9 Å². The van der Waals surface area contributed by atoms with Crippen molar-refractivity contribution in [3.8, 4) is 0 Å². The van der Waals surface area contributed by atoms with Gasteiger partial charge in [-0.15, -0.1) is 0 Å². The molecule has 2 aromatic heterocycles. The first-order valence-electron chi connectivity index (χ1n) is 6.25. The van der Waals surface area contributed by atoms with Crippen LogP contribution in [-0.4, -0.2) is 45.2 Å². The number of aromatic nitrogens is 3. The second-order valence-corrected chi connectivity index (χ2v) is 6.96. The molecule has 0 saturated carbocycles. The Morgan fingerprint density at radius 1 is 1.50 bits per heavy atom. The molecule has 1 atom stereocenters. The van der Waals surface area contributed by atoms with Crippen molar-refractivity contribution >= 4 is 32.4 Å². The molecule has 0 amide bonds. The quantitative estimate of drug-likeness (QED) is 0.906. The lowest BCUT2D eigenvalue weighted by Gasteiger charge is -2.17. The van der Waals surface area contributed by atoms with Gasteiger partial charge >= 0.3 is 0 Å². The summed E-state index contributed by atoms with van der Waals surface area (Å²) in [4.78, 5) is 7.30. The number of halogens is 2. The minimum Gasteiger partial charge on any atom is -0.393 e. The maximum atomic E-state index is 14.0. The van der Waals surface area contributed by atoms with Gasteiger partial charge in [0.25, 0.3) is 0 Å². The van der Waals surface area contributed by atoms with Gasteiger partial charge in [0, 0.05) is 30.2 Å². The van der Waals surface area contributed by atoms with Gasteiger partial charge in [0.05, 0.1) is 30.4 Å². The van der Waals surface area contributed by atoms with Crippen LogP contribution >= 0.6 is 27.3 Å². The van der Waals surface area contributed by atoms with E-state index in [1.54, 1.807) is 12.4 Å². The molecule has 8 heteroatoms. The predicted molar refractivity (Wildman–Crippen MR) is 78.9 cm³/mol. The molecule has 3 heterocycles. The molecular weight excluding hydrogens is 347 g/mol. The molecule has 0 bridgehead atoms. The van der Waals surface area contributed by atoms with Crippen LogP contribution in [0.3, 0.4) is 0 Å². The summed E-state index contributed by atoms with van der Waals surface area (Å²) in [6, 6.07) is 0. The molecule has 0 unspecified atom stereocenters. The number of aliphatic hydroxyl groups is 1. The van der Waals surface area contributed by atoms with E-state index < -0.39 is 12.3 Å². The molecule has 1 aliphatic rings. The van der Waals surface area contributed by atoms with Crippen molar-refractivity contribution in [3.63, 3.8) is 0 Å². The molecule has 108 valence electrons. The number of hydrogen-bond donors (Lipinski definition) is 1. The van der Waals surface area contributed by atoms with E-state index >= 15 is 0 Å². The Morgan fingerprint density at radius 3 is 3.00 bits per heavy atom. The first-order valence-corrected chi connectivity index (χ1v) is 7.86. The summed E-state index contributed by atoms with van der Waals surface area (Å²) in [5.41, 5.74) is -1.49. The average molecular weight is 361 g/mol. The van der Waals surface area contributed by atoms with E-state index in [4.69, 9.17) is 5.11 Å². The Hall–Kier alpha value is -0.990. The molecule has 1 fully saturated rings. The lowest BCUT2D eigenvalue weighted by atomic mass is 10.1. The fraction of sp³-hybridized carbons (Fsp3) is 0.500. The third kappa shape index (κ3) is 2.87. The average Bonchev–Trinajstić information content (AvgIpc) is 3.12. The lowest BCUT2D eigenvalue weighted by molar-refractivity contribution is 0.0910. The zero-order chi connectivity index (χ0) is 14.2. The molecule has 1 aliphatic heterocycles. The summed E-state index contributed by atoms with van der Waals surface area (Å²) in [5.74, 6) is 0. The monoisotopic (exact) mass is 360 g/mol. The van der Waals surface area contributed by atoms with Gasteiger partial charge in [0.1, 0.15) is 0 Å². The number of alkyl halides is 1. The maximum absolute atomic E-state index is 14.0. The summed E-state index contributed by atoms with van der Waals surface area (Å²) >= 11 is 4.89. The molecule has 1 saturated heterocycles. The van der Waals surface area contributed by atoms with E-state index in [9.17, 15) is 4.39 Å². The van der Waals surface area contributed by atoms with Crippen LogP contribution in [0.1, 0.15) is 11.3 Å². The normalized spacial score (nSPS) is 22.6. The standard InChI is InChI=1S/C12H14BrFN4OS/c13-9-3-16-18(5-9)6-10-4-15-11(20-10)17-2-1-12(14,7-17)8-19/h3-5,19H,1-2,6-8H2/t12-/m0/s1. The summed E-state index contributed by atoms with van der Waals surface area (Å²) in [6.45, 7) is 1.03. The Balaban J connectivity index is 1.68. The molecule has 3 rings (SSSR count). The Labute approximate surface area is 128 Å². The topological polar surface area (TPSA) is 54.2 Å². The van der Waals surface area contributed by atoms with Gasteiger partial charge in [-0.2, -0.15) is 5.10 Å². The van der Waals surface area contributed by atoms with Gasteiger partial charge in [0.2, 0.25) is 0 Å². The third-order valence-corrected chi connectivity index (χ3v) is 4.77. The lowest BCUT2D eigenvalue weighted by Crippen LogP contribution is -2.32. The highest BCUT2D eigenvalue weighted by atomic mass is 79.9. The number of nitrogens with zero attached hydrogens (tertiary/aromatic N) is 4. The SMILES string of the molecule is OC[C@]1(F)CCN(c2ncc(Cn3cc(Br)cn3)s2)C1. The Morgan fingerprint density at radius 2 is 2.35 bits per heavy atom. The third-order valence-electron chi connectivity index (χ3n) is 3.32. The molecule has 1 N–H and O–H groups in total. The summed E-state index contributed by atoms with van der Waals surface area (Å²) in [7, 11) is 0. The van der Waals surface area contributed by atoms with Crippen LogP contribution in [-0.2, 0) is 6.54 Å². The summed E-state index contributed by atoms with van der Waals surface area (Å²) in [5, 5.41) is 14.1. The van der Waals surface area contributed by atoms with Gasteiger partial charge in [-0.3, -0.25) is 4.68 Å². The van der Waals surface area contributed by atoms with Crippen LogP contribution in [0.15, 0.2) is 23.1 Å². The van der Waals surface area contributed by atoms with Crippen molar-refractivity contribution in [1.82, 2.24) is 14.8 Å². The second kappa shape index (κ2) is 5.42. The van der Waals surface area contributed by atoms with Crippen molar-refractivity contribution in [1.29, 1.82) is 0 Å². The number of thiazole rings is 1. The van der Waals surface area contributed by atoms with Gasteiger partial charge in [-0.05, 0) is 15.9 Å². The largest absolute Gasteiger partial charge is 0.393 e. The van der Waals surface area contributed by atoms with E-state index in [0.717, 1.165) is 14.5 Å². The zero-order valence-corrected chi connectivity index (χ0v) is 13.1. The number of anilines is 1. The van der Waals surface area contributed by atoms with E-state index in [1.165, 1.54) is 11.3 Å². The first kappa shape index (κ1) is 14.0. The highest BCUT2D eigenvalue weighted by Crippen LogP contribution is 2.32. The molecule has 0 spiro atoms. The number of hydrogen-bond acceptors (Lipinski definition) is 5. The molecule has 2 aromatic rings. The molecule has 0 aliphatic carbocycles. The van der Waals surface area contributed by atoms with Crippen molar-refractivity contribution in [2.75, 3.05) is 24.6 Å². The second-order valence-electron chi connectivity index (χ2n) is 4.95. The highest BCUT2D eigenvalue weighted by molar-refractivity contribution is 9.10. The van der Waals surface area contributed by atoms with Crippen molar-refractivity contribution in [2.24, 2.45) is 0 Å².